The minimum absolute atomic E-state index is 0.126. The van der Waals surface area contributed by atoms with Crippen molar-refractivity contribution in [2.75, 3.05) is 33.3 Å². The van der Waals surface area contributed by atoms with Crippen LogP contribution < -0.4 is 0 Å². The van der Waals surface area contributed by atoms with Crippen molar-refractivity contribution in [3.63, 3.8) is 0 Å². The maximum Gasteiger partial charge on any atom is 0.420 e. The summed E-state index contributed by atoms with van der Waals surface area (Å²) in [4.78, 5) is 50.8. The molecule has 11 nitrogen and oxygen atoms in total. The van der Waals surface area contributed by atoms with Crippen LogP contribution >= 0.6 is 0 Å². The Kier molecular flexibility index (Phi) is 4.52. The predicted molar refractivity (Wildman–Crippen MR) is 79.4 cm³/mol. The third-order valence-electron chi connectivity index (χ3n) is 4.06. The second-order valence-electron chi connectivity index (χ2n) is 5.65. The van der Waals surface area contributed by atoms with Gasteiger partial charge in [-0.1, -0.05) is 0 Å². The maximum atomic E-state index is 12.1. The van der Waals surface area contributed by atoms with E-state index in [0.29, 0.717) is 0 Å². The summed E-state index contributed by atoms with van der Waals surface area (Å²) < 4.78 is 21.2. The normalized spacial score (nSPS) is 25.3. The lowest BCUT2D eigenvalue weighted by Gasteiger charge is -2.54. The molecule has 26 heavy (non-hydrogen) atoms. The van der Waals surface area contributed by atoms with Crippen molar-refractivity contribution in [3.8, 4) is 0 Å². The summed E-state index contributed by atoms with van der Waals surface area (Å²) in [5.74, 6) is -8.78. The fraction of sp³-hybridized carbons (Fsp3) is 0.467. The molecule has 2 spiro atoms. The Morgan fingerprint density at radius 2 is 1.27 bits per heavy atom. The van der Waals surface area contributed by atoms with Gasteiger partial charge in [-0.2, -0.15) is 0 Å². The van der Waals surface area contributed by atoms with E-state index in [-0.39, 0.29) is 19.6 Å². The van der Waals surface area contributed by atoms with Gasteiger partial charge in [0.15, 0.2) is 0 Å². The van der Waals surface area contributed by atoms with E-state index in [4.69, 9.17) is 18.9 Å². The molecular weight excluding hydrogens is 352 g/mol. The summed E-state index contributed by atoms with van der Waals surface area (Å²) in [7, 11) is 1.43. The maximum absolute atomic E-state index is 12.1. The number of rotatable bonds is 2. The van der Waals surface area contributed by atoms with Crippen LogP contribution in [0.2, 0.25) is 0 Å². The van der Waals surface area contributed by atoms with Gasteiger partial charge in [-0.3, -0.25) is 0 Å². The third kappa shape index (κ3) is 2.75. The van der Waals surface area contributed by atoms with Crippen LogP contribution in [-0.2, 0) is 38.1 Å². The van der Waals surface area contributed by atoms with Gasteiger partial charge in [0.25, 0.3) is 0 Å². The third-order valence-corrected chi connectivity index (χ3v) is 4.06. The first kappa shape index (κ1) is 18.0. The minimum Gasteiger partial charge on any atom is -0.397 e. The van der Waals surface area contributed by atoms with Crippen LogP contribution in [0.1, 0.15) is 0 Å². The first-order valence-electron chi connectivity index (χ1n) is 7.68. The number of aliphatic hydroxyl groups excluding tert-OH is 1. The molecule has 140 valence electrons. The highest BCUT2D eigenvalue weighted by Gasteiger charge is 2.73. The summed E-state index contributed by atoms with van der Waals surface area (Å²) in [5.41, 5.74) is 0. The molecule has 0 bridgehead atoms. The zero-order chi connectivity index (χ0) is 18.9. The minimum atomic E-state index is -2.45. The SMILES string of the molecule is CN1CCN(CCO)C2(OC(=O)C=CC(=O)O2)C12OC(=O)C=CC(=O)O2. The molecule has 0 atom stereocenters. The van der Waals surface area contributed by atoms with Crippen LogP contribution in [0, 0.1) is 0 Å². The molecular formula is C15H16N2O9. The molecule has 3 heterocycles. The average Bonchev–Trinajstić information content (AvgIpc) is 2.83. The highest BCUT2D eigenvalue weighted by Crippen LogP contribution is 2.43. The highest BCUT2D eigenvalue weighted by molar-refractivity contribution is 5.95. The van der Waals surface area contributed by atoms with E-state index in [1.54, 1.807) is 0 Å². The van der Waals surface area contributed by atoms with Gasteiger partial charge in [-0.15, -0.1) is 0 Å². The van der Waals surface area contributed by atoms with Crippen molar-refractivity contribution in [1.82, 2.24) is 9.80 Å². The highest BCUT2D eigenvalue weighted by atomic mass is 16.8. The number of aliphatic hydroxyl groups is 1. The van der Waals surface area contributed by atoms with Crippen molar-refractivity contribution < 1.29 is 43.2 Å². The number of carbonyl (C=O) groups is 4. The van der Waals surface area contributed by atoms with E-state index < -0.39 is 42.3 Å². The molecule has 3 aliphatic heterocycles. The first-order chi connectivity index (χ1) is 12.3. The fourth-order valence-corrected chi connectivity index (χ4v) is 2.92. The van der Waals surface area contributed by atoms with Gasteiger partial charge < -0.3 is 24.1 Å². The van der Waals surface area contributed by atoms with Crippen molar-refractivity contribution in [1.29, 1.82) is 0 Å². The molecule has 0 radical (unpaired) electrons. The van der Waals surface area contributed by atoms with Gasteiger partial charge in [0.05, 0.1) is 6.61 Å². The molecule has 0 aliphatic carbocycles. The Bertz CT molecular complexity index is 674. The second kappa shape index (κ2) is 6.52. The van der Waals surface area contributed by atoms with E-state index in [1.165, 1.54) is 16.8 Å². The molecule has 0 aromatic carbocycles. The van der Waals surface area contributed by atoms with E-state index in [0.717, 1.165) is 24.3 Å². The predicted octanol–water partition coefficient (Wildman–Crippen LogP) is -2.15. The largest absolute Gasteiger partial charge is 0.420 e. The Morgan fingerprint density at radius 1 is 0.846 bits per heavy atom. The van der Waals surface area contributed by atoms with Gasteiger partial charge >= 0.3 is 35.7 Å². The van der Waals surface area contributed by atoms with Crippen molar-refractivity contribution in [3.05, 3.63) is 24.3 Å². The number of nitrogens with zero attached hydrogens (tertiary/aromatic N) is 2. The van der Waals surface area contributed by atoms with E-state index in [2.05, 4.69) is 0 Å². The Hall–Kier alpha value is -2.76. The molecule has 1 saturated heterocycles. The number of β-amino-alcohol motifs (C(OH)–C–C–N with tert-alkyl or cyclic N) is 1. The number of hydrogen-bond acceptors (Lipinski definition) is 11. The smallest absolute Gasteiger partial charge is 0.397 e. The Balaban J connectivity index is 2.19. The second-order valence-corrected chi connectivity index (χ2v) is 5.65. The molecule has 0 amide bonds. The first-order valence-corrected chi connectivity index (χ1v) is 7.68. The molecule has 0 unspecified atom stereocenters. The van der Waals surface area contributed by atoms with Crippen LogP contribution in [0.25, 0.3) is 0 Å². The summed E-state index contributed by atoms with van der Waals surface area (Å²) in [5, 5.41) is 9.37. The number of carbonyl (C=O) groups excluding carboxylic acids is 4. The number of piperazine rings is 1. The fourth-order valence-electron chi connectivity index (χ4n) is 2.92. The zero-order valence-corrected chi connectivity index (χ0v) is 13.7. The van der Waals surface area contributed by atoms with E-state index >= 15 is 0 Å². The van der Waals surface area contributed by atoms with Gasteiger partial charge in [0, 0.05) is 43.9 Å². The molecule has 0 aromatic heterocycles. The monoisotopic (exact) mass is 368 g/mol. The lowest BCUT2D eigenvalue weighted by molar-refractivity contribution is -0.460. The van der Waals surface area contributed by atoms with Gasteiger partial charge in [0.2, 0.25) is 0 Å². The van der Waals surface area contributed by atoms with Gasteiger partial charge in [0.1, 0.15) is 0 Å². The number of esters is 4. The topological polar surface area (TPSA) is 132 Å². The lowest BCUT2D eigenvalue weighted by atomic mass is 10.1. The Morgan fingerprint density at radius 3 is 1.69 bits per heavy atom. The summed E-state index contributed by atoms with van der Waals surface area (Å²) in [6.07, 6.45) is 3.33. The summed E-state index contributed by atoms with van der Waals surface area (Å²) >= 11 is 0. The summed E-state index contributed by atoms with van der Waals surface area (Å²) in [6.45, 7) is -0.213. The van der Waals surface area contributed by atoms with E-state index in [1.807, 2.05) is 0 Å². The number of hydrogen-bond donors (Lipinski definition) is 1. The Labute approximate surface area is 147 Å². The average molecular weight is 368 g/mol. The van der Waals surface area contributed by atoms with Crippen molar-refractivity contribution in [2.45, 2.75) is 11.8 Å². The molecule has 3 aliphatic rings. The standard InChI is InChI=1S/C15H16N2O9/c1-16-6-7-17(8-9-18)15(25-12(21)4-5-13(22)26-15)14(16)23-10(19)2-3-11(20)24-14/h2-5,18H,6-9H2,1H3. The van der Waals surface area contributed by atoms with Crippen LogP contribution in [0.3, 0.4) is 0 Å². The molecule has 0 aromatic rings. The van der Waals surface area contributed by atoms with Gasteiger partial charge in [-0.25, -0.2) is 29.0 Å². The van der Waals surface area contributed by atoms with Crippen LogP contribution in [0.4, 0.5) is 0 Å². The van der Waals surface area contributed by atoms with Gasteiger partial charge in [-0.05, 0) is 7.05 Å². The van der Waals surface area contributed by atoms with Crippen LogP contribution in [0.5, 0.6) is 0 Å². The number of fused-ring (bicyclic) bond motifs is 1. The van der Waals surface area contributed by atoms with Crippen molar-refractivity contribution in [2.24, 2.45) is 0 Å². The lowest BCUT2D eigenvalue weighted by Crippen LogP contribution is -2.80. The zero-order valence-electron chi connectivity index (χ0n) is 13.7. The van der Waals surface area contributed by atoms with E-state index in [9.17, 15) is 24.3 Å². The molecule has 11 heteroatoms. The number of likely N-dealkylation sites (N-methyl/N-ethyl adjacent to an activating group) is 1. The molecule has 3 rings (SSSR count). The van der Waals surface area contributed by atoms with Crippen molar-refractivity contribution >= 4 is 23.9 Å². The quantitative estimate of drug-likeness (QED) is 0.535. The molecule has 0 saturated carbocycles. The number of ether oxygens (including phenoxy) is 4. The summed E-state index contributed by atoms with van der Waals surface area (Å²) in [6, 6.07) is 0. The molecule has 1 fully saturated rings. The van der Waals surface area contributed by atoms with Crippen LogP contribution in [0.15, 0.2) is 24.3 Å². The molecule has 1 N–H and O–H groups in total. The van der Waals surface area contributed by atoms with Crippen LogP contribution in [-0.4, -0.2) is 83.9 Å².